The van der Waals surface area contributed by atoms with E-state index in [-0.39, 0.29) is 0 Å². The first-order valence-corrected chi connectivity index (χ1v) is 8.59. The lowest BCUT2D eigenvalue weighted by Gasteiger charge is -2.39. The zero-order valence-corrected chi connectivity index (χ0v) is 13.2. The van der Waals surface area contributed by atoms with Gasteiger partial charge in [0.15, 0.2) is 0 Å². The second-order valence-corrected chi connectivity index (χ2v) is 6.95. The number of thiophene rings is 1. The molecule has 4 heteroatoms. The number of hydrogen-bond acceptors (Lipinski definition) is 3. The minimum atomic E-state index is 0.791. The molecule has 1 saturated heterocycles. The molecule has 1 fully saturated rings. The molecule has 3 heterocycles. The molecule has 1 aliphatic heterocycles. The molecule has 0 saturated carbocycles. The van der Waals surface area contributed by atoms with Crippen LogP contribution in [0.5, 0.6) is 0 Å². The van der Waals surface area contributed by atoms with Crippen molar-refractivity contribution in [1.82, 2.24) is 15.1 Å². The van der Waals surface area contributed by atoms with Crippen molar-refractivity contribution in [3.8, 4) is 10.6 Å². The SMILES string of the molecule is c1ccc(CC2CN(Cc3cn[nH]c3-c3cccs3)C2)cc1. The lowest BCUT2D eigenvalue weighted by Crippen LogP contribution is -2.46. The number of hydrogen-bond donors (Lipinski definition) is 1. The minimum Gasteiger partial charge on any atom is -0.298 e. The van der Waals surface area contributed by atoms with Crippen LogP contribution in [0.15, 0.2) is 54.0 Å². The fourth-order valence-electron chi connectivity index (χ4n) is 3.19. The highest BCUT2D eigenvalue weighted by atomic mass is 32.1. The minimum absolute atomic E-state index is 0.791. The maximum absolute atomic E-state index is 4.23. The van der Waals surface area contributed by atoms with Crippen LogP contribution in [0.1, 0.15) is 11.1 Å². The van der Waals surface area contributed by atoms with E-state index >= 15 is 0 Å². The third kappa shape index (κ3) is 2.85. The Morgan fingerprint density at radius 1 is 1.14 bits per heavy atom. The molecule has 3 aromatic rings. The first-order valence-electron chi connectivity index (χ1n) is 7.71. The summed E-state index contributed by atoms with van der Waals surface area (Å²) in [6.07, 6.45) is 3.17. The van der Waals surface area contributed by atoms with Crippen LogP contribution in [0.25, 0.3) is 10.6 Å². The third-order valence-corrected chi connectivity index (χ3v) is 5.17. The molecular formula is C18H19N3S. The van der Waals surface area contributed by atoms with E-state index in [2.05, 4.69) is 62.9 Å². The summed E-state index contributed by atoms with van der Waals surface area (Å²) in [5, 5.41) is 9.49. The molecule has 22 heavy (non-hydrogen) atoms. The van der Waals surface area contributed by atoms with Crippen molar-refractivity contribution in [1.29, 1.82) is 0 Å². The van der Waals surface area contributed by atoms with E-state index in [4.69, 9.17) is 0 Å². The Bertz CT molecular complexity index is 712. The maximum Gasteiger partial charge on any atom is 0.0794 e. The Labute approximate surface area is 134 Å². The normalized spacial score (nSPS) is 15.8. The van der Waals surface area contributed by atoms with Gasteiger partial charge in [-0.2, -0.15) is 5.10 Å². The predicted molar refractivity (Wildman–Crippen MR) is 90.8 cm³/mol. The fraction of sp³-hybridized carbons (Fsp3) is 0.278. The average Bonchev–Trinajstić information content (AvgIpc) is 3.16. The third-order valence-electron chi connectivity index (χ3n) is 4.28. The number of H-pyrrole nitrogens is 1. The Kier molecular flexibility index (Phi) is 3.79. The second-order valence-electron chi connectivity index (χ2n) is 6.00. The standard InChI is InChI=1S/C18H19N3S/c1-2-5-14(6-3-1)9-15-11-21(12-15)13-16-10-19-20-18(16)17-7-4-8-22-17/h1-8,10,15H,9,11-13H2,(H,19,20). The van der Waals surface area contributed by atoms with Crippen molar-refractivity contribution in [2.75, 3.05) is 13.1 Å². The van der Waals surface area contributed by atoms with Crippen molar-refractivity contribution in [3.63, 3.8) is 0 Å². The Morgan fingerprint density at radius 2 is 2.00 bits per heavy atom. The summed E-state index contributed by atoms with van der Waals surface area (Å²) < 4.78 is 0. The van der Waals surface area contributed by atoms with Gasteiger partial charge >= 0.3 is 0 Å². The van der Waals surface area contributed by atoms with Crippen LogP contribution >= 0.6 is 11.3 Å². The quantitative estimate of drug-likeness (QED) is 0.777. The highest BCUT2D eigenvalue weighted by Gasteiger charge is 2.27. The molecule has 0 aliphatic carbocycles. The summed E-state index contributed by atoms with van der Waals surface area (Å²) >= 11 is 1.76. The first kappa shape index (κ1) is 13.7. The Hall–Kier alpha value is -1.91. The van der Waals surface area contributed by atoms with Crippen LogP contribution in [-0.2, 0) is 13.0 Å². The van der Waals surface area contributed by atoms with Crippen LogP contribution in [0.4, 0.5) is 0 Å². The number of aromatic amines is 1. The Balaban J connectivity index is 1.34. The van der Waals surface area contributed by atoms with E-state index in [1.807, 2.05) is 6.20 Å². The molecule has 0 amide bonds. The van der Waals surface area contributed by atoms with Gasteiger partial charge in [0.2, 0.25) is 0 Å². The molecule has 0 spiro atoms. The van der Waals surface area contributed by atoms with Crippen molar-refractivity contribution in [2.45, 2.75) is 13.0 Å². The predicted octanol–water partition coefficient (Wildman–Crippen LogP) is 3.81. The summed E-state index contributed by atoms with van der Waals surface area (Å²) in [7, 11) is 0. The van der Waals surface area contributed by atoms with Gasteiger partial charge in [0.05, 0.1) is 16.8 Å². The molecule has 0 bridgehead atoms. The van der Waals surface area contributed by atoms with Crippen LogP contribution < -0.4 is 0 Å². The first-order chi connectivity index (χ1) is 10.9. The van der Waals surface area contributed by atoms with E-state index in [1.165, 1.54) is 41.2 Å². The zero-order valence-electron chi connectivity index (χ0n) is 12.4. The van der Waals surface area contributed by atoms with Crippen molar-refractivity contribution in [3.05, 3.63) is 65.2 Å². The van der Waals surface area contributed by atoms with Crippen LogP contribution in [0.3, 0.4) is 0 Å². The van der Waals surface area contributed by atoms with Gasteiger partial charge in [-0.05, 0) is 29.3 Å². The summed E-state index contributed by atoms with van der Waals surface area (Å²) in [6.45, 7) is 3.36. The molecule has 1 aliphatic rings. The monoisotopic (exact) mass is 309 g/mol. The van der Waals surface area contributed by atoms with Gasteiger partial charge in [0.25, 0.3) is 0 Å². The van der Waals surface area contributed by atoms with E-state index < -0.39 is 0 Å². The number of likely N-dealkylation sites (tertiary alicyclic amines) is 1. The molecule has 2 aromatic heterocycles. The van der Waals surface area contributed by atoms with Crippen molar-refractivity contribution < 1.29 is 0 Å². The van der Waals surface area contributed by atoms with Crippen molar-refractivity contribution >= 4 is 11.3 Å². The highest BCUT2D eigenvalue weighted by molar-refractivity contribution is 7.13. The van der Waals surface area contributed by atoms with Crippen molar-refractivity contribution in [2.24, 2.45) is 5.92 Å². The van der Waals surface area contributed by atoms with Gasteiger partial charge in [0.1, 0.15) is 0 Å². The van der Waals surface area contributed by atoms with Gasteiger partial charge in [-0.25, -0.2) is 0 Å². The highest BCUT2D eigenvalue weighted by Crippen LogP contribution is 2.29. The molecule has 3 nitrogen and oxygen atoms in total. The molecule has 0 atom stereocenters. The zero-order chi connectivity index (χ0) is 14.8. The van der Waals surface area contributed by atoms with Crippen LogP contribution in [0.2, 0.25) is 0 Å². The number of aromatic nitrogens is 2. The summed E-state index contributed by atoms with van der Waals surface area (Å²) in [5.74, 6) is 0.791. The van der Waals surface area contributed by atoms with Gasteiger partial charge in [-0.3, -0.25) is 10.00 Å². The van der Waals surface area contributed by atoms with E-state index in [9.17, 15) is 0 Å². The molecule has 0 radical (unpaired) electrons. The summed E-state index contributed by atoms with van der Waals surface area (Å²) in [5.41, 5.74) is 3.94. The second kappa shape index (κ2) is 6.07. The topological polar surface area (TPSA) is 31.9 Å². The van der Waals surface area contributed by atoms with Crippen LogP contribution in [0, 0.1) is 5.92 Å². The van der Waals surface area contributed by atoms with E-state index in [1.54, 1.807) is 11.3 Å². The Morgan fingerprint density at radius 3 is 2.77 bits per heavy atom. The number of rotatable bonds is 5. The van der Waals surface area contributed by atoms with Gasteiger partial charge in [-0.1, -0.05) is 36.4 Å². The number of nitrogens with one attached hydrogen (secondary N) is 1. The largest absolute Gasteiger partial charge is 0.298 e. The summed E-state index contributed by atoms with van der Waals surface area (Å²) in [6, 6.07) is 15.0. The maximum atomic E-state index is 4.23. The number of benzene rings is 1. The van der Waals surface area contributed by atoms with E-state index in [0.717, 1.165) is 12.5 Å². The summed E-state index contributed by atoms with van der Waals surface area (Å²) in [4.78, 5) is 3.78. The molecule has 1 N–H and O–H groups in total. The molecule has 4 rings (SSSR count). The van der Waals surface area contributed by atoms with E-state index in [0.29, 0.717) is 0 Å². The average molecular weight is 309 g/mol. The van der Waals surface area contributed by atoms with Gasteiger partial charge < -0.3 is 0 Å². The molecule has 0 unspecified atom stereocenters. The fourth-order valence-corrected chi connectivity index (χ4v) is 3.94. The lowest BCUT2D eigenvalue weighted by molar-refractivity contribution is 0.0928. The van der Waals surface area contributed by atoms with Crippen LogP contribution in [-0.4, -0.2) is 28.2 Å². The molecule has 112 valence electrons. The van der Waals surface area contributed by atoms with Gasteiger partial charge in [-0.15, -0.1) is 11.3 Å². The smallest absolute Gasteiger partial charge is 0.0794 e. The molecule has 1 aromatic carbocycles. The lowest BCUT2D eigenvalue weighted by atomic mass is 9.92. The number of nitrogens with zero attached hydrogens (tertiary/aromatic N) is 2. The van der Waals surface area contributed by atoms with Gasteiger partial charge in [0, 0.05) is 25.2 Å². The molecular weight excluding hydrogens is 290 g/mol.